The number of nitrogens with two attached hydrogens (primary N) is 1. The lowest BCUT2D eigenvalue weighted by Gasteiger charge is -2.08. The zero-order chi connectivity index (χ0) is 14.3. The molecule has 7 heteroatoms. The van der Waals surface area contributed by atoms with Gasteiger partial charge in [0.15, 0.2) is 0 Å². The van der Waals surface area contributed by atoms with E-state index in [4.69, 9.17) is 15.2 Å². The molecular formula is C12H16N2O5. The molecule has 0 saturated heterocycles. The summed E-state index contributed by atoms with van der Waals surface area (Å²) in [6.07, 6.45) is 0. The number of primary amides is 1. The molecule has 0 aliphatic rings. The van der Waals surface area contributed by atoms with Crippen LogP contribution < -0.4 is 15.8 Å². The molecular weight excluding hydrogens is 252 g/mol. The van der Waals surface area contributed by atoms with E-state index < -0.39 is 11.8 Å². The molecule has 0 aromatic heterocycles. The standard InChI is InChI=1S/C12H16N2O5/c1-18-8-2-3-10(15)9(6-8)12(17)14-4-5-19-7-11(13)16/h2-3,6,15H,4-5,7H2,1H3,(H2,13,16)(H,14,17). The lowest BCUT2D eigenvalue weighted by molar-refractivity contribution is -0.122. The summed E-state index contributed by atoms with van der Waals surface area (Å²) in [6, 6.07) is 4.34. The van der Waals surface area contributed by atoms with Crippen LogP contribution in [0.25, 0.3) is 0 Å². The van der Waals surface area contributed by atoms with E-state index in [2.05, 4.69) is 5.32 Å². The fourth-order valence-electron chi connectivity index (χ4n) is 1.33. The van der Waals surface area contributed by atoms with E-state index in [9.17, 15) is 14.7 Å². The maximum atomic E-state index is 11.8. The molecule has 0 unspecified atom stereocenters. The molecule has 2 amide bonds. The summed E-state index contributed by atoms with van der Waals surface area (Å²) >= 11 is 0. The Labute approximate surface area is 110 Å². The lowest BCUT2D eigenvalue weighted by atomic mass is 10.2. The molecule has 0 spiro atoms. The van der Waals surface area contributed by atoms with Crippen LogP contribution in [0.3, 0.4) is 0 Å². The topological polar surface area (TPSA) is 111 Å². The van der Waals surface area contributed by atoms with E-state index in [0.717, 1.165) is 0 Å². The van der Waals surface area contributed by atoms with Crippen molar-refractivity contribution in [2.75, 3.05) is 26.9 Å². The Morgan fingerprint density at radius 1 is 1.42 bits per heavy atom. The van der Waals surface area contributed by atoms with Crippen molar-refractivity contribution in [2.45, 2.75) is 0 Å². The first-order chi connectivity index (χ1) is 9.04. The summed E-state index contributed by atoms with van der Waals surface area (Å²) in [5, 5.41) is 12.1. The number of hydrogen-bond acceptors (Lipinski definition) is 5. The van der Waals surface area contributed by atoms with Crippen molar-refractivity contribution in [3.05, 3.63) is 23.8 Å². The minimum atomic E-state index is -0.572. The van der Waals surface area contributed by atoms with Gasteiger partial charge in [-0.05, 0) is 18.2 Å². The van der Waals surface area contributed by atoms with Crippen molar-refractivity contribution in [2.24, 2.45) is 5.73 Å². The van der Waals surface area contributed by atoms with Crippen LogP contribution in [0.2, 0.25) is 0 Å². The zero-order valence-electron chi connectivity index (χ0n) is 10.5. The first kappa shape index (κ1) is 14.8. The van der Waals surface area contributed by atoms with Crippen LogP contribution in [-0.4, -0.2) is 43.8 Å². The molecule has 0 bridgehead atoms. The number of carbonyl (C=O) groups is 2. The number of nitrogens with one attached hydrogen (secondary N) is 1. The lowest BCUT2D eigenvalue weighted by Crippen LogP contribution is -2.28. The third-order valence-corrected chi connectivity index (χ3v) is 2.22. The van der Waals surface area contributed by atoms with Crippen molar-refractivity contribution in [3.63, 3.8) is 0 Å². The van der Waals surface area contributed by atoms with Crippen LogP contribution in [0, 0.1) is 0 Å². The van der Waals surface area contributed by atoms with E-state index in [1.807, 2.05) is 0 Å². The van der Waals surface area contributed by atoms with Gasteiger partial charge < -0.3 is 25.6 Å². The second-order valence-corrected chi connectivity index (χ2v) is 3.66. The quantitative estimate of drug-likeness (QED) is 0.584. The molecule has 0 aliphatic carbocycles. The second kappa shape index (κ2) is 7.22. The molecule has 0 fully saturated rings. The summed E-state index contributed by atoms with van der Waals surface area (Å²) in [7, 11) is 1.46. The number of phenols is 1. The van der Waals surface area contributed by atoms with Crippen LogP contribution in [0.4, 0.5) is 0 Å². The average molecular weight is 268 g/mol. The number of amides is 2. The highest BCUT2D eigenvalue weighted by Gasteiger charge is 2.11. The largest absolute Gasteiger partial charge is 0.507 e. The molecule has 1 rings (SSSR count). The van der Waals surface area contributed by atoms with Crippen molar-refractivity contribution in [1.29, 1.82) is 0 Å². The Balaban J connectivity index is 2.47. The number of rotatable bonds is 7. The summed E-state index contributed by atoms with van der Waals surface area (Å²) in [5.41, 5.74) is 4.98. The fourth-order valence-corrected chi connectivity index (χ4v) is 1.33. The first-order valence-corrected chi connectivity index (χ1v) is 5.56. The maximum Gasteiger partial charge on any atom is 0.255 e. The Hall–Kier alpha value is -2.28. The van der Waals surface area contributed by atoms with Crippen molar-refractivity contribution in [3.8, 4) is 11.5 Å². The van der Waals surface area contributed by atoms with Gasteiger partial charge in [0.2, 0.25) is 5.91 Å². The third-order valence-electron chi connectivity index (χ3n) is 2.22. The van der Waals surface area contributed by atoms with Crippen molar-refractivity contribution >= 4 is 11.8 Å². The van der Waals surface area contributed by atoms with Gasteiger partial charge in [0.05, 0.1) is 19.3 Å². The van der Waals surface area contributed by atoms with E-state index in [0.29, 0.717) is 5.75 Å². The number of carbonyl (C=O) groups excluding carboxylic acids is 2. The normalized spacial score (nSPS) is 9.95. The monoisotopic (exact) mass is 268 g/mol. The van der Waals surface area contributed by atoms with Crippen LogP contribution >= 0.6 is 0 Å². The van der Waals surface area contributed by atoms with Crippen LogP contribution in [-0.2, 0) is 9.53 Å². The molecule has 0 radical (unpaired) electrons. The summed E-state index contributed by atoms with van der Waals surface area (Å²) in [5.74, 6) is -0.708. The van der Waals surface area contributed by atoms with Crippen molar-refractivity contribution < 1.29 is 24.2 Å². The predicted octanol–water partition coefficient (Wildman–Crippen LogP) is -0.367. The Kier molecular flexibility index (Phi) is 5.62. The number of aromatic hydroxyl groups is 1. The van der Waals surface area contributed by atoms with Gasteiger partial charge in [-0.25, -0.2) is 0 Å². The van der Waals surface area contributed by atoms with Gasteiger partial charge in [-0.3, -0.25) is 9.59 Å². The van der Waals surface area contributed by atoms with Gasteiger partial charge in [0, 0.05) is 6.54 Å². The number of ether oxygens (including phenoxy) is 2. The van der Waals surface area contributed by atoms with Gasteiger partial charge in [0.1, 0.15) is 18.1 Å². The van der Waals surface area contributed by atoms with Crippen LogP contribution in [0.15, 0.2) is 18.2 Å². The number of benzene rings is 1. The minimum absolute atomic E-state index is 0.106. The minimum Gasteiger partial charge on any atom is -0.507 e. The van der Waals surface area contributed by atoms with Crippen molar-refractivity contribution in [1.82, 2.24) is 5.32 Å². The molecule has 0 heterocycles. The van der Waals surface area contributed by atoms with E-state index in [1.165, 1.54) is 19.2 Å². The summed E-state index contributed by atoms with van der Waals surface area (Å²) in [4.78, 5) is 22.2. The average Bonchev–Trinajstić information content (AvgIpc) is 2.38. The molecule has 0 aliphatic heterocycles. The molecule has 0 saturated carbocycles. The van der Waals surface area contributed by atoms with Gasteiger partial charge in [0.25, 0.3) is 5.91 Å². The smallest absolute Gasteiger partial charge is 0.255 e. The van der Waals surface area contributed by atoms with E-state index in [-0.39, 0.29) is 31.1 Å². The fraction of sp³-hybridized carbons (Fsp3) is 0.333. The first-order valence-electron chi connectivity index (χ1n) is 5.56. The molecule has 1 aromatic carbocycles. The highest BCUT2D eigenvalue weighted by atomic mass is 16.5. The third kappa shape index (κ3) is 4.84. The molecule has 104 valence electrons. The highest BCUT2D eigenvalue weighted by Crippen LogP contribution is 2.22. The number of phenolic OH excluding ortho intramolecular Hbond substituents is 1. The summed E-state index contributed by atoms with van der Waals surface area (Å²) < 4.78 is 9.84. The Morgan fingerprint density at radius 3 is 2.79 bits per heavy atom. The highest BCUT2D eigenvalue weighted by molar-refractivity contribution is 5.97. The Bertz CT molecular complexity index is 461. The van der Waals surface area contributed by atoms with Gasteiger partial charge in [-0.1, -0.05) is 0 Å². The number of methoxy groups -OCH3 is 1. The Morgan fingerprint density at radius 2 is 2.16 bits per heavy atom. The van der Waals surface area contributed by atoms with Gasteiger partial charge in [-0.2, -0.15) is 0 Å². The second-order valence-electron chi connectivity index (χ2n) is 3.66. The van der Waals surface area contributed by atoms with Crippen LogP contribution in [0.1, 0.15) is 10.4 Å². The summed E-state index contributed by atoms with van der Waals surface area (Å²) in [6.45, 7) is 0.155. The maximum absolute atomic E-state index is 11.8. The van der Waals surface area contributed by atoms with Gasteiger partial charge in [-0.15, -0.1) is 0 Å². The number of hydrogen-bond donors (Lipinski definition) is 3. The predicted molar refractivity (Wildman–Crippen MR) is 67.0 cm³/mol. The molecule has 4 N–H and O–H groups in total. The van der Waals surface area contributed by atoms with Crippen LogP contribution in [0.5, 0.6) is 11.5 Å². The molecule has 0 atom stereocenters. The molecule has 7 nitrogen and oxygen atoms in total. The van der Waals surface area contributed by atoms with Gasteiger partial charge >= 0.3 is 0 Å². The van der Waals surface area contributed by atoms with E-state index >= 15 is 0 Å². The SMILES string of the molecule is COc1ccc(O)c(C(=O)NCCOCC(N)=O)c1. The van der Waals surface area contributed by atoms with E-state index in [1.54, 1.807) is 6.07 Å². The zero-order valence-corrected chi connectivity index (χ0v) is 10.5. The molecule has 19 heavy (non-hydrogen) atoms. The molecule has 1 aromatic rings.